The SMILES string of the molecule is CC(C)Oc1ccc(-c2cc(-c3nnn[nH]3)ncn2)cc1Cl. The molecule has 0 aliphatic rings. The lowest BCUT2D eigenvalue weighted by atomic mass is 10.1. The van der Waals surface area contributed by atoms with Gasteiger partial charge < -0.3 is 4.74 Å². The number of tetrazole rings is 1. The molecule has 0 fully saturated rings. The van der Waals surface area contributed by atoms with Crippen molar-refractivity contribution in [2.45, 2.75) is 20.0 Å². The van der Waals surface area contributed by atoms with Crippen LogP contribution >= 0.6 is 11.6 Å². The van der Waals surface area contributed by atoms with E-state index in [1.54, 1.807) is 6.07 Å². The van der Waals surface area contributed by atoms with Crippen LogP contribution < -0.4 is 4.74 Å². The smallest absolute Gasteiger partial charge is 0.198 e. The lowest BCUT2D eigenvalue weighted by Crippen LogP contribution is -2.05. The van der Waals surface area contributed by atoms with E-state index in [4.69, 9.17) is 16.3 Å². The molecule has 22 heavy (non-hydrogen) atoms. The number of nitrogens with zero attached hydrogens (tertiary/aromatic N) is 5. The van der Waals surface area contributed by atoms with E-state index in [9.17, 15) is 0 Å². The monoisotopic (exact) mass is 316 g/mol. The van der Waals surface area contributed by atoms with Crippen LogP contribution in [0.25, 0.3) is 22.8 Å². The summed E-state index contributed by atoms with van der Waals surface area (Å²) in [6.45, 7) is 3.90. The largest absolute Gasteiger partial charge is 0.489 e. The molecule has 0 bridgehead atoms. The molecule has 0 radical (unpaired) electrons. The summed E-state index contributed by atoms with van der Waals surface area (Å²) in [5, 5.41) is 14.1. The lowest BCUT2D eigenvalue weighted by molar-refractivity contribution is 0.242. The highest BCUT2D eigenvalue weighted by atomic mass is 35.5. The first kappa shape index (κ1) is 14.4. The van der Waals surface area contributed by atoms with Crippen LogP contribution in [0.5, 0.6) is 5.75 Å². The van der Waals surface area contributed by atoms with Gasteiger partial charge in [0.25, 0.3) is 0 Å². The summed E-state index contributed by atoms with van der Waals surface area (Å²) in [7, 11) is 0. The van der Waals surface area contributed by atoms with Crippen molar-refractivity contribution in [2.75, 3.05) is 0 Å². The van der Waals surface area contributed by atoms with Crippen LogP contribution in [0.1, 0.15) is 13.8 Å². The highest BCUT2D eigenvalue weighted by Crippen LogP contribution is 2.30. The maximum absolute atomic E-state index is 6.26. The molecule has 0 atom stereocenters. The van der Waals surface area contributed by atoms with Crippen LogP contribution in [0.2, 0.25) is 5.02 Å². The van der Waals surface area contributed by atoms with Crippen LogP contribution in [-0.4, -0.2) is 36.7 Å². The maximum Gasteiger partial charge on any atom is 0.198 e. The van der Waals surface area contributed by atoms with Gasteiger partial charge in [0.2, 0.25) is 0 Å². The molecule has 7 nitrogen and oxygen atoms in total. The predicted octanol–water partition coefficient (Wildman–Crippen LogP) is 2.76. The lowest BCUT2D eigenvalue weighted by Gasteiger charge is -2.12. The normalized spacial score (nSPS) is 10.9. The number of aromatic nitrogens is 6. The van der Waals surface area contributed by atoms with Crippen LogP contribution in [0.4, 0.5) is 0 Å². The zero-order valence-electron chi connectivity index (χ0n) is 12.0. The van der Waals surface area contributed by atoms with Gasteiger partial charge in [0.15, 0.2) is 5.82 Å². The van der Waals surface area contributed by atoms with Crippen molar-refractivity contribution in [2.24, 2.45) is 0 Å². The quantitative estimate of drug-likeness (QED) is 0.796. The third-order valence-corrected chi connectivity index (χ3v) is 3.14. The van der Waals surface area contributed by atoms with Crippen molar-refractivity contribution >= 4 is 11.6 Å². The number of benzene rings is 1. The highest BCUT2D eigenvalue weighted by Gasteiger charge is 2.10. The molecule has 112 valence electrons. The van der Waals surface area contributed by atoms with Crippen LogP contribution in [0, 0.1) is 0 Å². The molecule has 2 heterocycles. The molecule has 2 aromatic heterocycles. The van der Waals surface area contributed by atoms with Crippen molar-refractivity contribution in [3.8, 4) is 28.5 Å². The van der Waals surface area contributed by atoms with E-state index in [0.29, 0.717) is 22.3 Å². The number of hydrogen-bond donors (Lipinski definition) is 1. The maximum atomic E-state index is 6.26. The minimum atomic E-state index is 0.0629. The van der Waals surface area contributed by atoms with Crippen molar-refractivity contribution in [1.29, 1.82) is 0 Å². The number of hydrogen-bond acceptors (Lipinski definition) is 6. The Morgan fingerprint density at radius 1 is 1.14 bits per heavy atom. The van der Waals surface area contributed by atoms with Gasteiger partial charge >= 0.3 is 0 Å². The van der Waals surface area contributed by atoms with E-state index in [2.05, 4.69) is 30.6 Å². The summed E-state index contributed by atoms with van der Waals surface area (Å²) < 4.78 is 5.62. The second-order valence-electron chi connectivity index (χ2n) is 4.85. The number of halogens is 1. The summed E-state index contributed by atoms with van der Waals surface area (Å²) >= 11 is 6.26. The topological polar surface area (TPSA) is 89.5 Å². The van der Waals surface area contributed by atoms with Gasteiger partial charge in [-0.15, -0.1) is 5.10 Å². The van der Waals surface area contributed by atoms with E-state index in [1.807, 2.05) is 32.0 Å². The van der Waals surface area contributed by atoms with E-state index in [0.717, 1.165) is 11.3 Å². The Balaban J connectivity index is 1.94. The fourth-order valence-corrected chi connectivity index (χ4v) is 2.15. The molecule has 0 saturated carbocycles. The number of aromatic amines is 1. The van der Waals surface area contributed by atoms with Crippen molar-refractivity contribution < 1.29 is 4.74 Å². The Hall–Kier alpha value is -2.54. The molecule has 0 amide bonds. The second kappa shape index (κ2) is 6.07. The van der Waals surface area contributed by atoms with Gasteiger partial charge in [-0.25, -0.2) is 15.1 Å². The molecular weight excluding hydrogens is 304 g/mol. The zero-order chi connectivity index (χ0) is 15.5. The average molecular weight is 317 g/mol. The first-order valence-electron chi connectivity index (χ1n) is 6.66. The van der Waals surface area contributed by atoms with Gasteiger partial charge in [0, 0.05) is 5.56 Å². The predicted molar refractivity (Wildman–Crippen MR) is 81.4 cm³/mol. The Labute approximate surface area is 131 Å². The third-order valence-electron chi connectivity index (χ3n) is 2.85. The number of ether oxygens (including phenoxy) is 1. The number of rotatable bonds is 4. The summed E-state index contributed by atoms with van der Waals surface area (Å²) in [4.78, 5) is 8.40. The first-order chi connectivity index (χ1) is 10.6. The molecular formula is C14H13ClN6O. The molecule has 0 saturated heterocycles. The van der Waals surface area contributed by atoms with Gasteiger partial charge in [-0.2, -0.15) is 0 Å². The summed E-state index contributed by atoms with van der Waals surface area (Å²) in [6.07, 6.45) is 1.52. The molecule has 3 rings (SSSR count). The Kier molecular flexibility index (Phi) is 3.97. The molecule has 1 aromatic carbocycles. The fraction of sp³-hybridized carbons (Fsp3) is 0.214. The van der Waals surface area contributed by atoms with Gasteiger partial charge in [0.1, 0.15) is 17.8 Å². The summed E-state index contributed by atoms with van der Waals surface area (Å²) in [6, 6.07) is 7.32. The molecule has 3 aromatic rings. The average Bonchev–Trinajstić information content (AvgIpc) is 3.03. The van der Waals surface area contributed by atoms with Crippen LogP contribution in [-0.2, 0) is 0 Å². The van der Waals surface area contributed by atoms with Crippen LogP contribution in [0.15, 0.2) is 30.6 Å². The van der Waals surface area contributed by atoms with Gasteiger partial charge in [-0.1, -0.05) is 11.6 Å². The Bertz CT molecular complexity index is 775. The van der Waals surface area contributed by atoms with Crippen molar-refractivity contribution in [1.82, 2.24) is 30.6 Å². The standard InChI is InChI=1S/C14H13ClN6O/c1-8(2)22-13-4-3-9(5-10(13)15)11-6-12(17-7-16-11)14-18-20-21-19-14/h3-8H,1-2H3,(H,18,19,20,21). The van der Waals surface area contributed by atoms with E-state index >= 15 is 0 Å². The van der Waals surface area contributed by atoms with E-state index in [-0.39, 0.29) is 6.10 Å². The van der Waals surface area contributed by atoms with Crippen molar-refractivity contribution in [3.05, 3.63) is 35.6 Å². The Morgan fingerprint density at radius 2 is 1.95 bits per heavy atom. The second-order valence-corrected chi connectivity index (χ2v) is 5.26. The molecule has 8 heteroatoms. The fourth-order valence-electron chi connectivity index (χ4n) is 1.92. The minimum Gasteiger partial charge on any atom is -0.489 e. The van der Waals surface area contributed by atoms with Gasteiger partial charge in [0.05, 0.1) is 16.8 Å². The molecule has 0 aliphatic heterocycles. The summed E-state index contributed by atoms with van der Waals surface area (Å²) in [5.41, 5.74) is 2.19. The van der Waals surface area contributed by atoms with Crippen molar-refractivity contribution in [3.63, 3.8) is 0 Å². The number of nitrogens with one attached hydrogen (secondary N) is 1. The minimum absolute atomic E-state index is 0.0629. The first-order valence-corrected chi connectivity index (χ1v) is 7.04. The van der Waals surface area contributed by atoms with E-state index < -0.39 is 0 Å². The summed E-state index contributed by atoms with van der Waals surface area (Å²) in [5.74, 6) is 1.13. The third kappa shape index (κ3) is 3.04. The molecule has 0 spiro atoms. The number of H-pyrrole nitrogens is 1. The van der Waals surface area contributed by atoms with Gasteiger partial charge in [-0.3, -0.25) is 0 Å². The van der Waals surface area contributed by atoms with Gasteiger partial charge in [-0.05, 0) is 48.5 Å². The highest BCUT2D eigenvalue weighted by molar-refractivity contribution is 6.32. The van der Waals surface area contributed by atoms with E-state index in [1.165, 1.54) is 6.33 Å². The Morgan fingerprint density at radius 3 is 2.64 bits per heavy atom. The molecule has 0 aliphatic carbocycles. The molecule has 1 N–H and O–H groups in total. The van der Waals surface area contributed by atoms with Crippen LogP contribution in [0.3, 0.4) is 0 Å². The zero-order valence-corrected chi connectivity index (χ0v) is 12.7. The molecule has 0 unspecified atom stereocenters.